The molecule has 0 bridgehead atoms. The number of aliphatic carboxylic acids is 1. The number of piperidine rings is 1. The van der Waals surface area contributed by atoms with Crippen LogP contribution in [0.2, 0.25) is 0 Å². The summed E-state index contributed by atoms with van der Waals surface area (Å²) in [5.74, 6) is -0.640. The average Bonchev–Trinajstić information content (AvgIpc) is 2.98. The number of fused-ring (bicyclic) bond motifs is 1. The predicted octanol–water partition coefficient (Wildman–Crippen LogP) is 5.68. The Morgan fingerprint density at radius 1 is 1.07 bits per heavy atom. The van der Waals surface area contributed by atoms with Crippen LogP contribution in [0.3, 0.4) is 0 Å². The smallest absolute Gasteiger partial charge is 0.490 e. The number of ether oxygens (including phenoxy) is 2. The van der Waals surface area contributed by atoms with Crippen LogP contribution in [-0.4, -0.2) is 71.0 Å². The Bertz CT molecular complexity index is 1400. The minimum Gasteiger partial charge on any atom is -0.497 e. The number of benzene rings is 2. The third-order valence-corrected chi connectivity index (χ3v) is 7.16. The molecule has 0 aliphatic carbocycles. The van der Waals surface area contributed by atoms with E-state index in [4.69, 9.17) is 29.3 Å². The van der Waals surface area contributed by atoms with Gasteiger partial charge in [-0.15, -0.1) is 0 Å². The molecule has 238 valence electrons. The summed E-state index contributed by atoms with van der Waals surface area (Å²) in [5, 5.41) is 10.6. The average molecular weight is 620 g/mol. The molecule has 44 heavy (non-hydrogen) atoms. The van der Waals surface area contributed by atoms with Crippen molar-refractivity contribution in [3.8, 4) is 11.5 Å². The summed E-state index contributed by atoms with van der Waals surface area (Å²) in [5.41, 5.74) is 3.46. The normalized spacial score (nSPS) is 15.7. The van der Waals surface area contributed by atoms with Gasteiger partial charge in [0, 0.05) is 64.1 Å². The molecule has 0 radical (unpaired) electrons. The molecular weight excluding hydrogens is 582 g/mol. The minimum absolute atomic E-state index is 0.0485. The van der Waals surface area contributed by atoms with Crippen LogP contribution in [0, 0.1) is 5.82 Å². The standard InChI is InChI=1S/C29H36FN5O2.C2HF3O2/c1-20(2)31-28-29(33-26-19-34(14-13-25(26)32-28)18-21-7-5-4-6-8-21)35-15-11-22(12-16-35)37-27-10-9-23(36-3)17-24(27)30;3-2(4,5)1(6)7/h4-10,17,20,22H,11-16,18-19H2,1-3H3,(H,31,32);(H,6,7). The summed E-state index contributed by atoms with van der Waals surface area (Å²) >= 11 is 0. The van der Waals surface area contributed by atoms with Crippen LogP contribution < -0.4 is 19.7 Å². The summed E-state index contributed by atoms with van der Waals surface area (Å²) in [6.07, 6.45) is -2.67. The van der Waals surface area contributed by atoms with Crippen molar-refractivity contribution in [1.29, 1.82) is 0 Å². The monoisotopic (exact) mass is 619 g/mol. The molecule has 0 saturated carbocycles. The third kappa shape index (κ3) is 8.94. The summed E-state index contributed by atoms with van der Waals surface area (Å²) in [7, 11) is 1.53. The first-order valence-electron chi connectivity index (χ1n) is 14.4. The third-order valence-electron chi connectivity index (χ3n) is 7.16. The zero-order chi connectivity index (χ0) is 31.9. The molecule has 3 aromatic rings. The fourth-order valence-corrected chi connectivity index (χ4v) is 5.01. The summed E-state index contributed by atoms with van der Waals surface area (Å²) in [4.78, 5) is 23.8. The summed E-state index contributed by atoms with van der Waals surface area (Å²) < 4.78 is 57.2. The number of nitrogens with one attached hydrogen (secondary N) is 1. The van der Waals surface area contributed by atoms with E-state index in [0.29, 0.717) is 5.75 Å². The second-order valence-electron chi connectivity index (χ2n) is 10.9. The SMILES string of the molecule is COc1ccc(OC2CCN(c3nc4c(nc3NC(C)C)CCN(Cc3ccccc3)C4)CC2)c(F)c1.O=C(O)C(F)(F)F. The summed E-state index contributed by atoms with van der Waals surface area (Å²) in [6.45, 7) is 8.47. The number of alkyl halides is 3. The number of carboxylic acid groups (broad SMARTS) is 1. The molecule has 2 N–H and O–H groups in total. The van der Waals surface area contributed by atoms with Gasteiger partial charge in [-0.1, -0.05) is 30.3 Å². The van der Waals surface area contributed by atoms with Gasteiger partial charge in [0.25, 0.3) is 0 Å². The fourth-order valence-electron chi connectivity index (χ4n) is 5.01. The Morgan fingerprint density at radius 3 is 2.34 bits per heavy atom. The van der Waals surface area contributed by atoms with Crippen molar-refractivity contribution in [3.05, 3.63) is 71.3 Å². The van der Waals surface area contributed by atoms with Gasteiger partial charge in [0.05, 0.1) is 18.5 Å². The first-order valence-corrected chi connectivity index (χ1v) is 14.4. The fraction of sp³-hybridized carbons (Fsp3) is 0.452. The lowest BCUT2D eigenvalue weighted by Crippen LogP contribution is -2.40. The van der Waals surface area contributed by atoms with Gasteiger partial charge in [-0.05, 0) is 31.5 Å². The Morgan fingerprint density at radius 2 is 1.75 bits per heavy atom. The number of carboxylic acids is 1. The molecule has 0 amide bonds. The maximum absolute atomic E-state index is 14.4. The van der Waals surface area contributed by atoms with Crippen LogP contribution in [0.25, 0.3) is 0 Å². The number of rotatable bonds is 8. The maximum Gasteiger partial charge on any atom is 0.490 e. The first kappa shape index (κ1) is 32.8. The minimum atomic E-state index is -5.08. The Hall–Kier alpha value is -4.13. The number of aromatic nitrogens is 2. The number of hydrogen-bond donors (Lipinski definition) is 2. The molecule has 2 aliphatic rings. The van der Waals surface area contributed by atoms with Gasteiger partial charge >= 0.3 is 12.1 Å². The van der Waals surface area contributed by atoms with E-state index < -0.39 is 18.0 Å². The van der Waals surface area contributed by atoms with Crippen molar-refractivity contribution in [2.24, 2.45) is 0 Å². The molecule has 9 nitrogen and oxygen atoms in total. The van der Waals surface area contributed by atoms with Crippen molar-refractivity contribution >= 4 is 17.6 Å². The van der Waals surface area contributed by atoms with Crippen molar-refractivity contribution < 1.29 is 36.9 Å². The molecule has 0 spiro atoms. The van der Waals surface area contributed by atoms with E-state index in [9.17, 15) is 17.6 Å². The van der Waals surface area contributed by atoms with E-state index in [2.05, 4.69) is 59.3 Å². The molecule has 0 unspecified atom stereocenters. The van der Waals surface area contributed by atoms with Gasteiger partial charge in [-0.2, -0.15) is 13.2 Å². The molecule has 13 heteroatoms. The van der Waals surface area contributed by atoms with E-state index in [-0.39, 0.29) is 17.9 Å². The maximum atomic E-state index is 14.4. The second kappa shape index (κ2) is 14.6. The van der Waals surface area contributed by atoms with E-state index >= 15 is 0 Å². The Balaban J connectivity index is 0.000000566. The van der Waals surface area contributed by atoms with Crippen molar-refractivity contribution in [3.63, 3.8) is 0 Å². The van der Waals surface area contributed by atoms with Crippen molar-refractivity contribution in [2.75, 3.05) is 37.0 Å². The highest BCUT2D eigenvalue weighted by Gasteiger charge is 2.38. The van der Waals surface area contributed by atoms with Gasteiger partial charge in [-0.3, -0.25) is 4.90 Å². The van der Waals surface area contributed by atoms with Gasteiger partial charge in [0.15, 0.2) is 23.2 Å². The van der Waals surface area contributed by atoms with Crippen molar-refractivity contribution in [1.82, 2.24) is 14.9 Å². The lowest BCUT2D eigenvalue weighted by molar-refractivity contribution is -0.192. The predicted molar refractivity (Wildman–Crippen MR) is 158 cm³/mol. The highest BCUT2D eigenvalue weighted by Crippen LogP contribution is 2.31. The van der Waals surface area contributed by atoms with Gasteiger partial charge in [0.1, 0.15) is 11.9 Å². The van der Waals surface area contributed by atoms with Gasteiger partial charge in [0.2, 0.25) is 0 Å². The lowest BCUT2D eigenvalue weighted by atomic mass is 10.1. The van der Waals surface area contributed by atoms with Crippen LogP contribution in [-0.2, 0) is 24.3 Å². The number of methoxy groups -OCH3 is 1. The Kier molecular flexibility index (Phi) is 10.8. The largest absolute Gasteiger partial charge is 0.497 e. The molecule has 3 heterocycles. The van der Waals surface area contributed by atoms with Crippen LogP contribution in [0.5, 0.6) is 11.5 Å². The highest BCUT2D eigenvalue weighted by molar-refractivity contribution is 5.73. The molecule has 1 aromatic heterocycles. The molecule has 5 rings (SSSR count). The van der Waals surface area contributed by atoms with Crippen LogP contribution in [0.15, 0.2) is 48.5 Å². The number of nitrogens with zero attached hydrogens (tertiary/aromatic N) is 4. The number of hydrogen-bond acceptors (Lipinski definition) is 8. The van der Waals surface area contributed by atoms with Crippen LogP contribution in [0.4, 0.5) is 29.2 Å². The zero-order valence-corrected chi connectivity index (χ0v) is 24.9. The second-order valence-corrected chi connectivity index (χ2v) is 10.9. The summed E-state index contributed by atoms with van der Waals surface area (Å²) in [6, 6.07) is 15.6. The zero-order valence-electron chi connectivity index (χ0n) is 24.9. The van der Waals surface area contributed by atoms with Gasteiger partial charge in [-0.25, -0.2) is 19.2 Å². The molecule has 0 atom stereocenters. The Labute approximate surface area is 253 Å². The topological polar surface area (TPSA) is 100 Å². The van der Waals surface area contributed by atoms with E-state index in [1.54, 1.807) is 12.1 Å². The lowest BCUT2D eigenvalue weighted by Gasteiger charge is -2.35. The van der Waals surface area contributed by atoms with E-state index in [0.717, 1.165) is 75.0 Å². The molecule has 2 aliphatic heterocycles. The quantitative estimate of drug-likeness (QED) is 0.309. The van der Waals surface area contributed by atoms with E-state index in [1.165, 1.54) is 18.7 Å². The number of carbonyl (C=O) groups is 1. The molecule has 1 saturated heterocycles. The van der Waals surface area contributed by atoms with Gasteiger partial charge < -0.3 is 24.8 Å². The van der Waals surface area contributed by atoms with Crippen LogP contribution in [0.1, 0.15) is 43.6 Å². The number of anilines is 2. The van der Waals surface area contributed by atoms with E-state index in [1.807, 2.05) is 0 Å². The highest BCUT2D eigenvalue weighted by atomic mass is 19.4. The molecule has 1 fully saturated rings. The van der Waals surface area contributed by atoms with Crippen LogP contribution >= 0.6 is 0 Å². The number of halogens is 4. The first-order chi connectivity index (χ1) is 20.9. The molecule has 2 aromatic carbocycles. The molecular formula is C31H37F4N5O4. The van der Waals surface area contributed by atoms with Crippen molar-refractivity contribution in [2.45, 2.75) is 64.5 Å².